The third-order valence-corrected chi connectivity index (χ3v) is 5.73. The monoisotopic (exact) mass is 319 g/mol. The Balaban J connectivity index is 1.84. The standard InChI is InChI=1S/C13H22BrNOS/c14-10-12-3-1-2-6-15(12)13(16)9-11-4-7-17-8-5-11/h11-12H,1-10H2. The average Bonchev–Trinajstić information content (AvgIpc) is 2.40. The maximum absolute atomic E-state index is 12.3. The normalized spacial score (nSPS) is 27.1. The van der Waals surface area contributed by atoms with E-state index in [1.807, 2.05) is 11.8 Å². The average molecular weight is 320 g/mol. The molecular formula is C13H22BrNOS. The minimum absolute atomic E-state index is 0.408. The lowest BCUT2D eigenvalue weighted by Crippen LogP contribution is -2.45. The number of nitrogens with zero attached hydrogens (tertiary/aromatic N) is 1. The lowest BCUT2D eigenvalue weighted by molar-refractivity contribution is -0.135. The molecule has 17 heavy (non-hydrogen) atoms. The van der Waals surface area contributed by atoms with Crippen LogP contribution in [0.25, 0.3) is 0 Å². The van der Waals surface area contributed by atoms with Gasteiger partial charge >= 0.3 is 0 Å². The molecule has 0 aliphatic carbocycles. The maximum Gasteiger partial charge on any atom is 0.223 e. The van der Waals surface area contributed by atoms with Gasteiger partial charge in [0.15, 0.2) is 0 Å². The molecule has 98 valence electrons. The maximum atomic E-state index is 12.3. The Kier molecular flexibility index (Phi) is 5.67. The fourth-order valence-corrected chi connectivity index (χ4v) is 4.68. The Bertz CT molecular complexity index is 256. The van der Waals surface area contributed by atoms with Crippen molar-refractivity contribution < 1.29 is 4.79 Å². The van der Waals surface area contributed by atoms with Gasteiger partial charge in [0.2, 0.25) is 5.91 Å². The topological polar surface area (TPSA) is 20.3 Å². The van der Waals surface area contributed by atoms with E-state index in [2.05, 4.69) is 20.8 Å². The Morgan fingerprint density at radius 1 is 1.24 bits per heavy atom. The van der Waals surface area contributed by atoms with Crippen molar-refractivity contribution in [2.24, 2.45) is 5.92 Å². The summed E-state index contributed by atoms with van der Waals surface area (Å²) in [5.41, 5.74) is 0. The molecule has 0 radical (unpaired) electrons. The second-order valence-electron chi connectivity index (χ2n) is 5.15. The van der Waals surface area contributed by atoms with Crippen LogP contribution in [0.4, 0.5) is 0 Å². The van der Waals surface area contributed by atoms with Crippen molar-refractivity contribution in [1.82, 2.24) is 4.90 Å². The molecule has 0 aromatic carbocycles. The van der Waals surface area contributed by atoms with Crippen molar-refractivity contribution in [1.29, 1.82) is 0 Å². The number of piperidine rings is 1. The molecule has 2 aliphatic rings. The first-order valence-electron chi connectivity index (χ1n) is 6.74. The highest BCUT2D eigenvalue weighted by atomic mass is 79.9. The molecule has 2 nitrogen and oxygen atoms in total. The van der Waals surface area contributed by atoms with Gasteiger partial charge in [-0.2, -0.15) is 11.8 Å². The highest BCUT2D eigenvalue weighted by Gasteiger charge is 2.27. The van der Waals surface area contributed by atoms with Gasteiger partial charge in [0.25, 0.3) is 0 Å². The van der Waals surface area contributed by atoms with Gasteiger partial charge in [0, 0.05) is 24.3 Å². The van der Waals surface area contributed by atoms with E-state index in [0.717, 1.165) is 18.3 Å². The van der Waals surface area contributed by atoms with Gasteiger partial charge in [-0.15, -0.1) is 0 Å². The van der Waals surface area contributed by atoms with Crippen molar-refractivity contribution in [2.45, 2.75) is 44.6 Å². The number of carbonyl (C=O) groups excluding carboxylic acids is 1. The Labute approximate surface area is 117 Å². The van der Waals surface area contributed by atoms with E-state index in [1.54, 1.807) is 0 Å². The van der Waals surface area contributed by atoms with Crippen LogP contribution in [0.1, 0.15) is 38.5 Å². The van der Waals surface area contributed by atoms with Crippen molar-refractivity contribution >= 4 is 33.6 Å². The molecule has 2 saturated heterocycles. The van der Waals surface area contributed by atoms with Crippen LogP contribution in [0.5, 0.6) is 0 Å². The first-order chi connectivity index (χ1) is 8.31. The van der Waals surface area contributed by atoms with Gasteiger partial charge in [-0.25, -0.2) is 0 Å². The van der Waals surface area contributed by atoms with Crippen LogP contribution in [0, 0.1) is 5.92 Å². The number of alkyl halides is 1. The third kappa shape index (κ3) is 3.88. The molecule has 0 saturated carbocycles. The van der Waals surface area contributed by atoms with Crippen molar-refractivity contribution in [2.75, 3.05) is 23.4 Å². The summed E-state index contributed by atoms with van der Waals surface area (Å²) in [6, 6.07) is 0.453. The second kappa shape index (κ2) is 7.03. The van der Waals surface area contributed by atoms with Crippen LogP contribution in [0.2, 0.25) is 0 Å². The van der Waals surface area contributed by atoms with Crippen LogP contribution < -0.4 is 0 Å². The highest BCUT2D eigenvalue weighted by molar-refractivity contribution is 9.09. The SMILES string of the molecule is O=C(CC1CCSCC1)N1CCCCC1CBr. The van der Waals surface area contributed by atoms with E-state index in [4.69, 9.17) is 0 Å². The van der Waals surface area contributed by atoms with E-state index in [0.29, 0.717) is 17.9 Å². The molecule has 2 rings (SSSR count). The molecule has 0 N–H and O–H groups in total. The fraction of sp³-hybridized carbons (Fsp3) is 0.923. The first kappa shape index (κ1) is 13.7. The van der Waals surface area contributed by atoms with Crippen LogP contribution in [-0.4, -0.2) is 40.2 Å². The lowest BCUT2D eigenvalue weighted by Gasteiger charge is -2.36. The summed E-state index contributed by atoms with van der Waals surface area (Å²) in [7, 11) is 0. The molecule has 0 bridgehead atoms. The largest absolute Gasteiger partial charge is 0.339 e. The molecule has 2 aliphatic heterocycles. The molecule has 1 atom stereocenters. The summed E-state index contributed by atoms with van der Waals surface area (Å²) in [5.74, 6) is 3.56. The minimum Gasteiger partial charge on any atom is -0.339 e. The fourth-order valence-electron chi connectivity index (χ4n) is 2.80. The Hall–Kier alpha value is 0.300. The summed E-state index contributed by atoms with van der Waals surface area (Å²) in [4.78, 5) is 14.5. The van der Waals surface area contributed by atoms with Gasteiger partial charge in [0.05, 0.1) is 0 Å². The highest BCUT2D eigenvalue weighted by Crippen LogP contribution is 2.27. The van der Waals surface area contributed by atoms with Crippen LogP contribution in [0.3, 0.4) is 0 Å². The molecular weight excluding hydrogens is 298 g/mol. The number of hydrogen-bond donors (Lipinski definition) is 0. The van der Waals surface area contributed by atoms with E-state index in [1.165, 1.54) is 43.6 Å². The van der Waals surface area contributed by atoms with Gasteiger partial charge in [-0.3, -0.25) is 4.79 Å². The van der Waals surface area contributed by atoms with Gasteiger partial charge in [-0.1, -0.05) is 15.9 Å². The Morgan fingerprint density at radius 3 is 2.71 bits per heavy atom. The predicted molar refractivity (Wildman–Crippen MR) is 77.8 cm³/mol. The zero-order valence-electron chi connectivity index (χ0n) is 10.4. The van der Waals surface area contributed by atoms with Crippen LogP contribution in [0.15, 0.2) is 0 Å². The zero-order valence-corrected chi connectivity index (χ0v) is 12.8. The number of carbonyl (C=O) groups is 1. The molecule has 0 aromatic heterocycles. The molecule has 2 fully saturated rings. The predicted octanol–water partition coefficient (Wildman–Crippen LogP) is 3.30. The molecule has 0 spiro atoms. The van der Waals surface area contributed by atoms with E-state index in [9.17, 15) is 4.79 Å². The summed E-state index contributed by atoms with van der Waals surface area (Å²) >= 11 is 5.58. The number of rotatable bonds is 3. The van der Waals surface area contributed by atoms with Gasteiger partial charge in [0.1, 0.15) is 0 Å². The van der Waals surface area contributed by atoms with Crippen LogP contribution >= 0.6 is 27.7 Å². The van der Waals surface area contributed by atoms with E-state index < -0.39 is 0 Å². The van der Waals surface area contributed by atoms with Crippen molar-refractivity contribution in [3.05, 3.63) is 0 Å². The summed E-state index contributed by atoms with van der Waals surface area (Å²) in [6.07, 6.45) is 6.92. The smallest absolute Gasteiger partial charge is 0.223 e. The molecule has 0 aromatic rings. The van der Waals surface area contributed by atoms with Crippen molar-refractivity contribution in [3.63, 3.8) is 0 Å². The summed E-state index contributed by atoms with van der Waals surface area (Å²) in [5, 5.41) is 0.944. The third-order valence-electron chi connectivity index (χ3n) is 3.93. The van der Waals surface area contributed by atoms with E-state index in [-0.39, 0.29) is 0 Å². The molecule has 2 heterocycles. The number of thioether (sulfide) groups is 1. The molecule has 1 unspecified atom stereocenters. The number of amides is 1. The first-order valence-corrected chi connectivity index (χ1v) is 9.02. The minimum atomic E-state index is 0.408. The van der Waals surface area contributed by atoms with Gasteiger partial charge < -0.3 is 4.90 Å². The number of halogens is 1. The molecule has 1 amide bonds. The second-order valence-corrected chi connectivity index (χ2v) is 7.02. The summed E-state index contributed by atoms with van der Waals surface area (Å²) in [6.45, 7) is 0.983. The van der Waals surface area contributed by atoms with Gasteiger partial charge in [-0.05, 0) is 49.5 Å². The van der Waals surface area contributed by atoms with Crippen LogP contribution in [-0.2, 0) is 4.79 Å². The quantitative estimate of drug-likeness (QED) is 0.744. The number of likely N-dealkylation sites (tertiary alicyclic amines) is 1. The number of hydrogen-bond acceptors (Lipinski definition) is 2. The van der Waals surface area contributed by atoms with E-state index >= 15 is 0 Å². The van der Waals surface area contributed by atoms with Crippen molar-refractivity contribution in [3.8, 4) is 0 Å². The lowest BCUT2D eigenvalue weighted by atomic mass is 9.96. The summed E-state index contributed by atoms with van der Waals surface area (Å²) < 4.78 is 0. The zero-order chi connectivity index (χ0) is 12.1. The Morgan fingerprint density at radius 2 is 2.00 bits per heavy atom. The molecule has 4 heteroatoms.